The first-order chi connectivity index (χ1) is 10.6. The Balaban J connectivity index is 3.39. The number of methoxy groups -OCH3 is 2. The van der Waals surface area contributed by atoms with Gasteiger partial charge < -0.3 is 19.4 Å². The third-order valence-corrected chi connectivity index (χ3v) is 5.36. The van der Waals surface area contributed by atoms with Crippen LogP contribution in [-0.2, 0) is 4.79 Å². The van der Waals surface area contributed by atoms with Gasteiger partial charge in [-0.2, -0.15) is 0 Å². The summed E-state index contributed by atoms with van der Waals surface area (Å²) in [6.45, 7) is 6.34. The van der Waals surface area contributed by atoms with E-state index < -0.39 is 24.9 Å². The van der Waals surface area contributed by atoms with Crippen LogP contribution in [0.2, 0.25) is 25.7 Å². The predicted molar refractivity (Wildman–Crippen MR) is 86.7 cm³/mol. The summed E-state index contributed by atoms with van der Waals surface area (Å²) in [6.07, 6.45) is 0.300. The summed E-state index contributed by atoms with van der Waals surface area (Å²) in [7, 11) is 1.26. The third-order valence-electron chi connectivity index (χ3n) is 3.57. The number of carbonyl (C=O) groups excluding carboxylic acids is 1. The Kier molecular flexibility index (Phi) is 6.14. The lowest BCUT2D eigenvalue weighted by atomic mass is 9.94. The van der Waals surface area contributed by atoms with E-state index in [9.17, 15) is 20.0 Å². The van der Waals surface area contributed by atoms with Crippen LogP contribution in [0.3, 0.4) is 0 Å². The van der Waals surface area contributed by atoms with Crippen molar-refractivity contribution in [3.05, 3.63) is 27.8 Å². The quantitative estimate of drug-likeness (QED) is 0.408. The normalized spacial score (nSPS) is 12.6. The Morgan fingerprint density at radius 3 is 2.13 bits per heavy atom. The molecule has 0 spiro atoms. The second-order valence-electron chi connectivity index (χ2n) is 6.49. The van der Waals surface area contributed by atoms with Gasteiger partial charge >= 0.3 is 0 Å². The number of nitro groups is 1. The summed E-state index contributed by atoms with van der Waals surface area (Å²) in [4.78, 5) is 22.3. The highest BCUT2D eigenvalue weighted by molar-refractivity contribution is 6.76. The zero-order valence-corrected chi connectivity index (χ0v) is 15.0. The van der Waals surface area contributed by atoms with E-state index in [0.717, 1.165) is 6.04 Å². The molecule has 1 aromatic carbocycles. The van der Waals surface area contributed by atoms with Crippen molar-refractivity contribution in [3.8, 4) is 11.5 Å². The van der Waals surface area contributed by atoms with Gasteiger partial charge in [-0.3, -0.25) is 10.1 Å². The van der Waals surface area contributed by atoms with Crippen molar-refractivity contribution in [1.82, 2.24) is 0 Å². The minimum atomic E-state index is -1.50. The van der Waals surface area contributed by atoms with Crippen molar-refractivity contribution < 1.29 is 24.3 Å². The second kappa shape index (κ2) is 7.45. The molecule has 0 saturated heterocycles. The lowest BCUT2D eigenvalue weighted by Gasteiger charge is -2.23. The van der Waals surface area contributed by atoms with Gasteiger partial charge in [0.15, 0.2) is 11.5 Å². The van der Waals surface area contributed by atoms with Crippen LogP contribution in [0.25, 0.3) is 0 Å². The van der Waals surface area contributed by atoms with Crippen LogP contribution >= 0.6 is 0 Å². The number of hydrogen-bond donors (Lipinski definition) is 0. The average Bonchev–Trinajstić information content (AvgIpc) is 2.44. The largest absolute Gasteiger partial charge is 0.549 e. The molecule has 7 nitrogen and oxygen atoms in total. The topological polar surface area (TPSA) is 102 Å². The molecule has 0 N–H and O–H groups in total. The van der Waals surface area contributed by atoms with Gasteiger partial charge in [-0.05, 0) is 12.5 Å². The highest BCUT2D eigenvalue weighted by atomic mass is 28.3. The zero-order chi connectivity index (χ0) is 17.8. The van der Waals surface area contributed by atoms with E-state index >= 15 is 0 Å². The summed E-state index contributed by atoms with van der Waals surface area (Å²) in [5, 5.41) is 22.9. The fraction of sp³-hybridized carbons (Fsp3) is 0.533. The Bertz CT molecular complexity index is 596. The van der Waals surface area contributed by atoms with E-state index in [1.807, 2.05) is 0 Å². The lowest BCUT2D eigenvalue weighted by Crippen LogP contribution is -2.32. The highest BCUT2D eigenvalue weighted by Gasteiger charge is 2.28. The van der Waals surface area contributed by atoms with Crippen molar-refractivity contribution >= 4 is 19.7 Å². The molecule has 0 aliphatic heterocycles. The zero-order valence-electron chi connectivity index (χ0n) is 14.0. The number of hydrogen-bond acceptors (Lipinski definition) is 6. The van der Waals surface area contributed by atoms with E-state index in [1.165, 1.54) is 26.4 Å². The van der Waals surface area contributed by atoms with Crippen molar-refractivity contribution in [2.24, 2.45) is 0 Å². The molecule has 0 fully saturated rings. The van der Waals surface area contributed by atoms with E-state index in [1.54, 1.807) is 0 Å². The molecule has 0 amide bonds. The number of aliphatic carboxylic acids is 1. The van der Waals surface area contributed by atoms with E-state index in [2.05, 4.69) is 19.6 Å². The first-order valence-electron chi connectivity index (χ1n) is 7.22. The Morgan fingerprint density at radius 2 is 1.74 bits per heavy atom. The monoisotopic (exact) mass is 340 g/mol. The maximum Gasteiger partial charge on any atom is 0.277 e. The molecule has 128 valence electrons. The molecule has 8 heteroatoms. The number of carboxylic acids is 1. The molecule has 0 aromatic heterocycles. The van der Waals surface area contributed by atoms with Gasteiger partial charge in [0, 0.05) is 25.5 Å². The summed E-state index contributed by atoms with van der Waals surface area (Å²) in [6, 6.07) is 3.28. The fourth-order valence-electron chi connectivity index (χ4n) is 2.30. The average molecular weight is 340 g/mol. The molecule has 1 atom stereocenters. The number of rotatable bonds is 8. The van der Waals surface area contributed by atoms with Crippen LogP contribution in [0.15, 0.2) is 12.1 Å². The molecule has 0 saturated carbocycles. The van der Waals surface area contributed by atoms with Crippen molar-refractivity contribution in [2.45, 2.75) is 38.0 Å². The van der Waals surface area contributed by atoms with E-state index in [4.69, 9.17) is 9.47 Å². The van der Waals surface area contributed by atoms with Crippen molar-refractivity contribution in [2.75, 3.05) is 14.2 Å². The number of carboxylic acid groups (broad SMARTS) is 1. The molecule has 1 aromatic rings. The molecular formula is C15H22NO6Si-. The van der Waals surface area contributed by atoms with Gasteiger partial charge in [0.25, 0.3) is 5.69 Å². The molecule has 1 unspecified atom stereocenters. The molecule has 0 aliphatic carbocycles. The standard InChI is InChI=1S/C15H23NO6Si/c1-21-13-8-11(12(16(19)20)9-14(13)22-2)10(15(17)18)6-7-23(3,4)5/h8-10H,6-7H2,1-5H3,(H,17,18)/p-1. The number of nitrogens with zero attached hydrogens (tertiary/aromatic N) is 1. The molecule has 0 bridgehead atoms. The van der Waals surface area contributed by atoms with Crippen molar-refractivity contribution in [3.63, 3.8) is 0 Å². The molecular weight excluding hydrogens is 318 g/mol. The van der Waals surface area contributed by atoms with Gasteiger partial charge in [0.2, 0.25) is 0 Å². The third kappa shape index (κ3) is 4.95. The minimum absolute atomic E-state index is 0.0888. The summed E-state index contributed by atoms with van der Waals surface area (Å²) in [5.74, 6) is -1.93. The van der Waals surface area contributed by atoms with Crippen LogP contribution in [0, 0.1) is 10.1 Å². The summed E-state index contributed by atoms with van der Waals surface area (Å²) < 4.78 is 10.2. The molecule has 0 radical (unpaired) electrons. The SMILES string of the molecule is COc1cc(C(CC[Si](C)(C)C)C(=O)[O-])c([N+](=O)[O-])cc1OC. The van der Waals surface area contributed by atoms with Gasteiger partial charge in [0.1, 0.15) is 0 Å². The maximum atomic E-state index is 11.6. The van der Waals surface area contributed by atoms with Crippen LogP contribution < -0.4 is 14.6 Å². The second-order valence-corrected chi connectivity index (χ2v) is 12.1. The van der Waals surface area contributed by atoms with Gasteiger partial charge in [-0.1, -0.05) is 25.7 Å². The lowest BCUT2D eigenvalue weighted by molar-refractivity contribution is -0.386. The highest BCUT2D eigenvalue weighted by Crippen LogP contribution is 2.39. The number of carbonyl (C=O) groups is 1. The van der Waals surface area contributed by atoms with E-state index in [0.29, 0.717) is 6.42 Å². The molecule has 0 aliphatic rings. The van der Waals surface area contributed by atoms with Crippen LogP contribution in [-0.4, -0.2) is 33.2 Å². The predicted octanol–water partition coefficient (Wildman–Crippen LogP) is 2.17. The van der Waals surface area contributed by atoms with Crippen LogP contribution in [0.4, 0.5) is 5.69 Å². The first kappa shape index (κ1) is 19.0. The maximum absolute atomic E-state index is 11.6. The van der Waals surface area contributed by atoms with Crippen LogP contribution in [0.5, 0.6) is 11.5 Å². The Labute approximate surface area is 136 Å². The Morgan fingerprint density at radius 1 is 1.22 bits per heavy atom. The number of benzene rings is 1. The van der Waals surface area contributed by atoms with Crippen LogP contribution in [0.1, 0.15) is 17.9 Å². The minimum Gasteiger partial charge on any atom is -0.549 e. The summed E-state index contributed by atoms with van der Waals surface area (Å²) >= 11 is 0. The van der Waals surface area contributed by atoms with Gasteiger partial charge in [-0.25, -0.2) is 0 Å². The molecule has 1 rings (SSSR count). The Hall–Kier alpha value is -2.09. The number of nitro benzene ring substituents is 1. The summed E-state index contributed by atoms with van der Waals surface area (Å²) in [5.41, 5.74) is -0.210. The van der Waals surface area contributed by atoms with Gasteiger partial charge in [-0.15, -0.1) is 0 Å². The first-order valence-corrected chi connectivity index (χ1v) is 10.9. The van der Waals surface area contributed by atoms with Gasteiger partial charge in [0.05, 0.1) is 25.2 Å². The smallest absolute Gasteiger partial charge is 0.277 e. The number of ether oxygens (including phenoxy) is 2. The van der Waals surface area contributed by atoms with E-state index in [-0.39, 0.29) is 22.7 Å². The molecule has 0 heterocycles. The van der Waals surface area contributed by atoms with Crippen molar-refractivity contribution in [1.29, 1.82) is 0 Å². The fourth-order valence-corrected chi connectivity index (χ4v) is 3.45. The molecule has 23 heavy (non-hydrogen) atoms.